The third kappa shape index (κ3) is 7.14. The largest absolute Gasteiger partial charge is 0.493 e. The lowest BCUT2D eigenvalue weighted by molar-refractivity contribution is -0.120. The molecule has 4 heteroatoms. The van der Waals surface area contributed by atoms with Gasteiger partial charge in [-0.05, 0) is 37.0 Å². The number of hydrogen-bond acceptors (Lipinski definition) is 3. The van der Waals surface area contributed by atoms with Crippen molar-refractivity contribution in [2.24, 2.45) is 5.92 Å². The fraction of sp³-hybridized carbons (Fsp3) is 0.562. The Bertz CT molecular complexity index is 399. The van der Waals surface area contributed by atoms with Crippen molar-refractivity contribution in [3.05, 3.63) is 29.8 Å². The van der Waals surface area contributed by atoms with E-state index in [2.05, 4.69) is 19.2 Å². The first-order chi connectivity index (χ1) is 9.47. The summed E-state index contributed by atoms with van der Waals surface area (Å²) in [5.41, 5.74) is 0.955. The number of carbonyl (C=O) groups is 1. The van der Waals surface area contributed by atoms with Crippen molar-refractivity contribution in [3.63, 3.8) is 0 Å². The van der Waals surface area contributed by atoms with Crippen LogP contribution in [0.1, 0.15) is 32.8 Å². The molecule has 112 valence electrons. The minimum absolute atomic E-state index is 0.0264. The number of ether oxygens (including phenoxy) is 1. The van der Waals surface area contributed by atoms with Gasteiger partial charge >= 0.3 is 0 Å². The molecule has 4 nitrogen and oxygen atoms in total. The van der Waals surface area contributed by atoms with Gasteiger partial charge in [0.15, 0.2) is 0 Å². The molecule has 0 saturated heterocycles. The number of hydrogen-bond donors (Lipinski definition) is 2. The van der Waals surface area contributed by atoms with Gasteiger partial charge in [-0.2, -0.15) is 0 Å². The lowest BCUT2D eigenvalue weighted by atomic mass is 10.1. The Morgan fingerprint density at radius 3 is 2.45 bits per heavy atom. The van der Waals surface area contributed by atoms with Gasteiger partial charge in [-0.15, -0.1) is 0 Å². The quantitative estimate of drug-likeness (QED) is 0.766. The Balaban J connectivity index is 2.35. The second-order valence-corrected chi connectivity index (χ2v) is 5.51. The first-order valence-electron chi connectivity index (χ1n) is 7.14. The molecule has 0 saturated carbocycles. The molecule has 0 aliphatic rings. The van der Waals surface area contributed by atoms with E-state index in [0.717, 1.165) is 11.3 Å². The first-order valence-corrected chi connectivity index (χ1v) is 7.14. The van der Waals surface area contributed by atoms with Gasteiger partial charge in [0.05, 0.1) is 19.1 Å². The third-order valence-electron chi connectivity index (χ3n) is 2.76. The summed E-state index contributed by atoms with van der Waals surface area (Å²) in [4.78, 5) is 11.7. The summed E-state index contributed by atoms with van der Waals surface area (Å²) in [6.07, 6.45) is 0.547. The Kier molecular flexibility index (Phi) is 7.09. The number of aliphatic hydroxyl groups excluding tert-OH is 1. The van der Waals surface area contributed by atoms with Crippen molar-refractivity contribution >= 4 is 5.91 Å². The van der Waals surface area contributed by atoms with E-state index in [9.17, 15) is 4.79 Å². The zero-order valence-corrected chi connectivity index (χ0v) is 12.6. The van der Waals surface area contributed by atoms with Gasteiger partial charge in [-0.3, -0.25) is 4.79 Å². The molecule has 20 heavy (non-hydrogen) atoms. The van der Waals surface area contributed by atoms with Crippen molar-refractivity contribution in [1.29, 1.82) is 0 Å². The smallest absolute Gasteiger partial charge is 0.224 e. The zero-order valence-electron chi connectivity index (χ0n) is 12.6. The molecule has 0 bridgehead atoms. The van der Waals surface area contributed by atoms with Crippen LogP contribution < -0.4 is 10.1 Å². The van der Waals surface area contributed by atoms with Crippen LogP contribution >= 0.6 is 0 Å². The highest BCUT2D eigenvalue weighted by Crippen LogP contribution is 2.13. The van der Waals surface area contributed by atoms with E-state index < -0.39 is 0 Å². The second kappa shape index (κ2) is 8.59. The summed E-state index contributed by atoms with van der Waals surface area (Å²) < 4.78 is 5.59. The molecule has 0 aliphatic carbocycles. The summed E-state index contributed by atoms with van der Waals surface area (Å²) in [6.45, 7) is 7.12. The van der Waals surface area contributed by atoms with Crippen molar-refractivity contribution in [2.75, 3.05) is 13.2 Å². The second-order valence-electron chi connectivity index (χ2n) is 5.51. The lowest BCUT2D eigenvalue weighted by Gasteiger charge is -2.09. The van der Waals surface area contributed by atoms with E-state index in [1.165, 1.54) is 0 Å². The summed E-state index contributed by atoms with van der Waals surface area (Å²) in [7, 11) is 0. The highest BCUT2D eigenvalue weighted by atomic mass is 16.5. The summed E-state index contributed by atoms with van der Waals surface area (Å²) in [5, 5.41) is 11.9. The van der Waals surface area contributed by atoms with Crippen LogP contribution in [-0.2, 0) is 11.2 Å². The van der Waals surface area contributed by atoms with Crippen LogP contribution in [0, 0.1) is 5.92 Å². The highest BCUT2D eigenvalue weighted by molar-refractivity contribution is 5.78. The average molecular weight is 279 g/mol. The van der Waals surface area contributed by atoms with Crippen LogP contribution in [-0.4, -0.2) is 30.3 Å². The summed E-state index contributed by atoms with van der Waals surface area (Å²) in [6, 6.07) is 7.59. The van der Waals surface area contributed by atoms with Gasteiger partial charge in [-0.1, -0.05) is 26.0 Å². The molecule has 1 aromatic carbocycles. The maximum atomic E-state index is 11.7. The molecule has 1 atom stereocenters. The number of amides is 1. The van der Waals surface area contributed by atoms with Gasteiger partial charge in [-0.25, -0.2) is 0 Å². The molecule has 1 unspecified atom stereocenters. The number of rotatable bonds is 8. The van der Waals surface area contributed by atoms with E-state index in [0.29, 0.717) is 31.9 Å². The summed E-state index contributed by atoms with van der Waals surface area (Å²) in [5.74, 6) is 1.30. The predicted molar refractivity (Wildman–Crippen MR) is 79.8 cm³/mol. The number of carbonyl (C=O) groups excluding carboxylic acids is 1. The minimum atomic E-state index is -0.382. The van der Waals surface area contributed by atoms with E-state index in [1.807, 2.05) is 24.3 Å². The normalized spacial score (nSPS) is 12.2. The Hall–Kier alpha value is -1.55. The van der Waals surface area contributed by atoms with Gasteiger partial charge < -0.3 is 15.2 Å². The van der Waals surface area contributed by atoms with Gasteiger partial charge in [0.2, 0.25) is 5.91 Å². The molecule has 0 aromatic heterocycles. The van der Waals surface area contributed by atoms with Gasteiger partial charge in [0.25, 0.3) is 0 Å². The molecule has 0 spiro atoms. The van der Waals surface area contributed by atoms with Crippen LogP contribution in [0.5, 0.6) is 5.75 Å². The first kappa shape index (κ1) is 16.5. The number of benzene rings is 1. The maximum Gasteiger partial charge on any atom is 0.224 e. The minimum Gasteiger partial charge on any atom is -0.493 e. The highest BCUT2D eigenvalue weighted by Gasteiger charge is 2.04. The predicted octanol–water partition coefficient (Wildman–Crippen LogP) is 2.15. The van der Waals surface area contributed by atoms with Crippen LogP contribution in [0.25, 0.3) is 0 Å². The maximum absolute atomic E-state index is 11.7. The number of nitrogens with one attached hydrogen (secondary N) is 1. The molecule has 0 heterocycles. The van der Waals surface area contributed by atoms with E-state index in [-0.39, 0.29) is 12.0 Å². The van der Waals surface area contributed by atoms with Gasteiger partial charge in [0, 0.05) is 6.54 Å². The lowest BCUT2D eigenvalue weighted by Crippen LogP contribution is -2.27. The fourth-order valence-corrected chi connectivity index (χ4v) is 1.63. The SMILES string of the molecule is CC(C)COc1ccc(CC(=O)NCCC(C)O)cc1. The molecule has 1 amide bonds. The Morgan fingerprint density at radius 1 is 1.25 bits per heavy atom. The molecule has 1 aromatic rings. The molecule has 1 rings (SSSR count). The molecule has 0 aliphatic heterocycles. The monoisotopic (exact) mass is 279 g/mol. The van der Waals surface area contributed by atoms with E-state index in [4.69, 9.17) is 9.84 Å². The molecular formula is C16H25NO3. The summed E-state index contributed by atoms with van der Waals surface area (Å²) >= 11 is 0. The number of aliphatic hydroxyl groups is 1. The van der Waals surface area contributed by atoms with Crippen LogP contribution in [0.2, 0.25) is 0 Å². The average Bonchev–Trinajstić information content (AvgIpc) is 2.37. The molecule has 0 radical (unpaired) electrons. The van der Waals surface area contributed by atoms with Crippen molar-refractivity contribution in [2.45, 2.75) is 39.7 Å². The topological polar surface area (TPSA) is 58.6 Å². The van der Waals surface area contributed by atoms with Crippen molar-refractivity contribution in [3.8, 4) is 5.75 Å². The van der Waals surface area contributed by atoms with Crippen molar-refractivity contribution < 1.29 is 14.6 Å². The zero-order chi connectivity index (χ0) is 15.0. The fourth-order valence-electron chi connectivity index (χ4n) is 1.63. The van der Waals surface area contributed by atoms with Crippen LogP contribution in [0.4, 0.5) is 0 Å². The molecular weight excluding hydrogens is 254 g/mol. The van der Waals surface area contributed by atoms with E-state index in [1.54, 1.807) is 6.92 Å². The molecule has 2 N–H and O–H groups in total. The van der Waals surface area contributed by atoms with E-state index >= 15 is 0 Å². The standard InChI is InChI=1S/C16H25NO3/c1-12(2)11-20-15-6-4-14(5-7-15)10-16(19)17-9-8-13(3)18/h4-7,12-13,18H,8-11H2,1-3H3,(H,17,19). The van der Waals surface area contributed by atoms with Crippen molar-refractivity contribution in [1.82, 2.24) is 5.32 Å². The van der Waals surface area contributed by atoms with Gasteiger partial charge in [0.1, 0.15) is 5.75 Å². The van der Waals surface area contributed by atoms with Crippen LogP contribution in [0.3, 0.4) is 0 Å². The van der Waals surface area contributed by atoms with Crippen LogP contribution in [0.15, 0.2) is 24.3 Å². The Labute approximate surface area is 121 Å². The molecule has 0 fully saturated rings. The Morgan fingerprint density at radius 2 is 1.90 bits per heavy atom. The third-order valence-corrected chi connectivity index (χ3v) is 2.76.